The van der Waals surface area contributed by atoms with E-state index in [0.29, 0.717) is 31.7 Å². The maximum absolute atomic E-state index is 13.5. The number of benzene rings is 2. The lowest BCUT2D eigenvalue weighted by Gasteiger charge is -2.26. The molecule has 13 nitrogen and oxygen atoms in total. The molecule has 0 spiro atoms. The number of carbonyl (C=O) groups is 4. The molecule has 232 valence electrons. The Morgan fingerprint density at radius 1 is 0.977 bits per heavy atom. The van der Waals surface area contributed by atoms with Gasteiger partial charge < -0.3 is 25.0 Å². The molecular formula is C30H33N5O8S. The Kier molecular flexibility index (Phi) is 11.1. The summed E-state index contributed by atoms with van der Waals surface area (Å²) in [6, 6.07) is 16.3. The first-order chi connectivity index (χ1) is 21.2. The molecule has 2 heterocycles. The third-order valence-corrected chi connectivity index (χ3v) is 8.25. The molecule has 14 heteroatoms. The van der Waals surface area contributed by atoms with E-state index >= 15 is 0 Å². The number of piperazine rings is 1. The molecule has 4 rings (SSSR count). The number of sulfone groups is 1. The third kappa shape index (κ3) is 8.91. The molecule has 3 aromatic rings. The van der Waals surface area contributed by atoms with Crippen LogP contribution < -0.4 is 10.6 Å². The van der Waals surface area contributed by atoms with Gasteiger partial charge in [0.1, 0.15) is 11.7 Å². The third-order valence-electron chi connectivity index (χ3n) is 6.58. The highest BCUT2D eigenvalue weighted by Gasteiger charge is 2.30. The van der Waals surface area contributed by atoms with E-state index in [1.165, 1.54) is 23.1 Å². The molecule has 1 unspecified atom stereocenters. The van der Waals surface area contributed by atoms with E-state index in [2.05, 4.69) is 20.6 Å². The van der Waals surface area contributed by atoms with Gasteiger partial charge in [-0.2, -0.15) is 0 Å². The monoisotopic (exact) mass is 623 g/mol. The number of hydrogen-bond acceptors (Lipinski definition) is 11. The Bertz CT molecular complexity index is 1580. The Morgan fingerprint density at radius 2 is 1.64 bits per heavy atom. The van der Waals surface area contributed by atoms with E-state index < -0.39 is 45.6 Å². The molecule has 1 aliphatic heterocycles. The minimum atomic E-state index is -3.83. The zero-order chi connectivity index (χ0) is 31.5. The van der Waals surface area contributed by atoms with Crippen molar-refractivity contribution in [2.75, 3.05) is 32.8 Å². The van der Waals surface area contributed by atoms with Crippen LogP contribution in [-0.2, 0) is 34.7 Å². The molecule has 0 saturated carbocycles. The summed E-state index contributed by atoms with van der Waals surface area (Å²) in [5.74, 6) is -2.95. The summed E-state index contributed by atoms with van der Waals surface area (Å²) in [7, 11) is -3.83. The highest BCUT2D eigenvalue weighted by atomic mass is 32.2. The summed E-state index contributed by atoms with van der Waals surface area (Å²) < 4.78 is 36.2. The van der Waals surface area contributed by atoms with Crippen molar-refractivity contribution in [3.05, 3.63) is 78.1 Å². The highest BCUT2D eigenvalue weighted by Crippen LogP contribution is 2.20. The fourth-order valence-electron chi connectivity index (χ4n) is 4.36. The largest absolute Gasteiger partial charge is 0.466 e. The van der Waals surface area contributed by atoms with Gasteiger partial charge in [-0.05, 0) is 31.5 Å². The topological polar surface area (TPSA) is 174 Å². The van der Waals surface area contributed by atoms with E-state index in [9.17, 15) is 27.6 Å². The number of hydrogen-bond donors (Lipinski definition) is 2. The number of esters is 2. The number of amides is 2. The van der Waals surface area contributed by atoms with Crippen molar-refractivity contribution in [1.82, 2.24) is 25.5 Å². The molecule has 1 aromatic heterocycles. The van der Waals surface area contributed by atoms with Crippen molar-refractivity contribution in [3.8, 4) is 11.4 Å². The van der Waals surface area contributed by atoms with Crippen molar-refractivity contribution < 1.29 is 37.1 Å². The van der Waals surface area contributed by atoms with Crippen molar-refractivity contribution in [2.45, 2.75) is 36.5 Å². The SMILES string of the molecule is CCOC(=O)CCC(NC(=O)c1cc(CS(=O)(=O)c2ccccc2)nc(-c2ccccc2)n1)C(=O)OC(=O)N1CCNCC1. The van der Waals surface area contributed by atoms with Gasteiger partial charge in [0, 0.05) is 38.2 Å². The van der Waals surface area contributed by atoms with Crippen molar-refractivity contribution in [2.24, 2.45) is 0 Å². The van der Waals surface area contributed by atoms with Gasteiger partial charge in [0.05, 0.1) is 22.9 Å². The highest BCUT2D eigenvalue weighted by molar-refractivity contribution is 7.90. The van der Waals surface area contributed by atoms with Gasteiger partial charge in [-0.1, -0.05) is 48.5 Å². The van der Waals surface area contributed by atoms with Crippen molar-refractivity contribution in [3.63, 3.8) is 0 Å². The maximum atomic E-state index is 13.5. The van der Waals surface area contributed by atoms with Crippen LogP contribution in [-0.4, -0.2) is 86.1 Å². The van der Waals surface area contributed by atoms with E-state index in [-0.39, 0.29) is 41.6 Å². The van der Waals surface area contributed by atoms with E-state index in [0.717, 1.165) is 0 Å². The van der Waals surface area contributed by atoms with Crippen LogP contribution in [0, 0.1) is 0 Å². The van der Waals surface area contributed by atoms with Gasteiger partial charge >= 0.3 is 18.0 Å². The van der Waals surface area contributed by atoms with Crippen molar-refractivity contribution >= 4 is 33.8 Å². The molecule has 0 aliphatic carbocycles. The predicted octanol–water partition coefficient (Wildman–Crippen LogP) is 2.13. The molecule has 0 bridgehead atoms. The normalized spacial score (nSPS) is 13.9. The molecule has 2 aromatic carbocycles. The van der Waals surface area contributed by atoms with E-state index in [1.54, 1.807) is 55.5 Å². The van der Waals surface area contributed by atoms with Crippen LogP contribution in [0.2, 0.25) is 0 Å². The summed E-state index contributed by atoms with van der Waals surface area (Å²) in [5.41, 5.74) is 0.354. The van der Waals surface area contributed by atoms with Crippen LogP contribution in [0.1, 0.15) is 35.9 Å². The zero-order valence-corrected chi connectivity index (χ0v) is 24.9. The van der Waals surface area contributed by atoms with Crippen LogP contribution in [0.5, 0.6) is 0 Å². The maximum Gasteiger partial charge on any atom is 0.417 e. The minimum absolute atomic E-state index is 0.0485. The first-order valence-corrected chi connectivity index (χ1v) is 15.7. The molecule has 2 amide bonds. The average molecular weight is 624 g/mol. The molecule has 2 N–H and O–H groups in total. The Balaban J connectivity index is 1.61. The summed E-state index contributed by atoms with van der Waals surface area (Å²) in [4.78, 5) is 61.4. The number of carbonyl (C=O) groups excluding carboxylic acids is 4. The lowest BCUT2D eigenvalue weighted by atomic mass is 10.1. The lowest BCUT2D eigenvalue weighted by molar-refractivity contribution is -0.144. The van der Waals surface area contributed by atoms with Crippen LogP contribution in [0.25, 0.3) is 11.4 Å². The van der Waals surface area contributed by atoms with Crippen LogP contribution in [0.15, 0.2) is 71.6 Å². The van der Waals surface area contributed by atoms with E-state index in [4.69, 9.17) is 9.47 Å². The second-order valence-electron chi connectivity index (χ2n) is 9.80. The average Bonchev–Trinajstić information content (AvgIpc) is 3.04. The molecule has 1 fully saturated rings. The quantitative estimate of drug-likeness (QED) is 0.237. The van der Waals surface area contributed by atoms with Gasteiger partial charge in [-0.3, -0.25) is 9.59 Å². The molecule has 1 saturated heterocycles. The van der Waals surface area contributed by atoms with Crippen molar-refractivity contribution in [1.29, 1.82) is 0 Å². The van der Waals surface area contributed by atoms with Crippen LogP contribution >= 0.6 is 0 Å². The van der Waals surface area contributed by atoms with Gasteiger partial charge in [0.25, 0.3) is 5.91 Å². The molecule has 1 atom stereocenters. The summed E-state index contributed by atoms with van der Waals surface area (Å²) in [5, 5.41) is 5.58. The van der Waals surface area contributed by atoms with E-state index in [1.807, 2.05) is 0 Å². The summed E-state index contributed by atoms with van der Waals surface area (Å²) in [6.45, 7) is 3.50. The summed E-state index contributed by atoms with van der Waals surface area (Å²) >= 11 is 0. The van der Waals surface area contributed by atoms with Gasteiger partial charge in [0.2, 0.25) is 0 Å². The van der Waals surface area contributed by atoms with Gasteiger partial charge in [0.15, 0.2) is 15.7 Å². The van der Waals surface area contributed by atoms with Gasteiger partial charge in [-0.25, -0.2) is 28.0 Å². The Labute approximate surface area is 254 Å². The zero-order valence-electron chi connectivity index (χ0n) is 24.1. The number of ether oxygens (including phenoxy) is 2. The number of nitrogens with one attached hydrogen (secondary N) is 2. The van der Waals surface area contributed by atoms with Crippen LogP contribution in [0.4, 0.5) is 4.79 Å². The smallest absolute Gasteiger partial charge is 0.417 e. The lowest BCUT2D eigenvalue weighted by Crippen LogP contribution is -2.49. The minimum Gasteiger partial charge on any atom is -0.466 e. The molecular weight excluding hydrogens is 590 g/mol. The number of rotatable bonds is 11. The fraction of sp³-hybridized carbons (Fsp3) is 0.333. The van der Waals surface area contributed by atoms with Crippen LogP contribution in [0.3, 0.4) is 0 Å². The Morgan fingerprint density at radius 3 is 2.30 bits per heavy atom. The molecule has 0 radical (unpaired) electrons. The second-order valence-corrected chi connectivity index (χ2v) is 11.8. The number of aromatic nitrogens is 2. The predicted molar refractivity (Wildman–Crippen MR) is 158 cm³/mol. The standard InChI is InChI=1S/C30H33N5O8S/c1-2-42-26(36)14-13-24(29(38)43-30(39)35-17-15-31-16-18-35)34-28(37)25-19-22(20-44(40,41)23-11-7-4-8-12-23)32-27(33-25)21-9-5-3-6-10-21/h3-12,19,24,31H,2,13-18,20H2,1H3,(H,34,37). The fourth-order valence-corrected chi connectivity index (χ4v) is 5.63. The summed E-state index contributed by atoms with van der Waals surface area (Å²) in [6.07, 6.45) is -1.33. The molecule has 44 heavy (non-hydrogen) atoms. The first-order valence-electron chi connectivity index (χ1n) is 14.0. The Hall–Kier alpha value is -4.69. The molecule has 1 aliphatic rings. The second kappa shape index (κ2) is 15.2. The van der Waals surface area contributed by atoms with Gasteiger partial charge in [-0.15, -0.1) is 0 Å². The number of nitrogens with zero attached hydrogens (tertiary/aromatic N) is 3. The first kappa shape index (κ1) is 32.2.